The second kappa shape index (κ2) is 7.66. The van der Waals surface area contributed by atoms with Crippen LogP contribution in [0.3, 0.4) is 0 Å². The van der Waals surface area contributed by atoms with Crippen molar-refractivity contribution in [2.24, 2.45) is 5.92 Å². The van der Waals surface area contributed by atoms with Crippen molar-refractivity contribution in [1.82, 2.24) is 14.7 Å². The highest BCUT2D eigenvalue weighted by Gasteiger charge is 2.30. The molecule has 1 aliphatic heterocycles. The number of aryl methyl sites for hydroxylation is 2. The summed E-state index contributed by atoms with van der Waals surface area (Å²) in [5.74, 6) is 1.37. The summed E-state index contributed by atoms with van der Waals surface area (Å²) in [5.41, 5.74) is 1.71. The average Bonchev–Trinajstić information content (AvgIpc) is 3.37. The maximum Gasteiger partial charge on any atom is 0.258 e. The van der Waals surface area contributed by atoms with Gasteiger partial charge in [0.1, 0.15) is 5.76 Å². The standard InChI is InChI=1S/C20H27N3O3/c1-15-19(8-11-26-15)20(24)22-12-17-6-9-21-23(17)10-7-18(22)14-25-13-16-4-2-3-5-16/h6,8-9,11,16,18H,2-5,7,10,12-14H2,1H3/t18-/m0/s1. The topological polar surface area (TPSA) is 60.5 Å². The molecule has 4 rings (SSSR count). The summed E-state index contributed by atoms with van der Waals surface area (Å²) in [7, 11) is 0. The predicted octanol–water partition coefficient (Wildman–Crippen LogP) is 3.41. The second-order valence-electron chi connectivity index (χ2n) is 7.50. The lowest BCUT2D eigenvalue weighted by Crippen LogP contribution is -2.42. The number of carbonyl (C=O) groups excluding carboxylic acids is 1. The zero-order valence-electron chi connectivity index (χ0n) is 15.4. The van der Waals surface area contributed by atoms with Crippen molar-refractivity contribution >= 4 is 5.91 Å². The van der Waals surface area contributed by atoms with Crippen LogP contribution in [-0.2, 0) is 17.8 Å². The van der Waals surface area contributed by atoms with Gasteiger partial charge in [-0.05, 0) is 44.2 Å². The van der Waals surface area contributed by atoms with Gasteiger partial charge in [0.05, 0.1) is 36.7 Å². The van der Waals surface area contributed by atoms with Crippen LogP contribution >= 0.6 is 0 Å². The molecule has 26 heavy (non-hydrogen) atoms. The van der Waals surface area contributed by atoms with E-state index in [1.165, 1.54) is 25.7 Å². The summed E-state index contributed by atoms with van der Waals surface area (Å²) < 4.78 is 13.4. The molecule has 3 heterocycles. The second-order valence-corrected chi connectivity index (χ2v) is 7.50. The first kappa shape index (κ1) is 17.3. The molecule has 140 valence electrons. The molecule has 0 spiro atoms. The molecule has 0 bridgehead atoms. The fraction of sp³-hybridized carbons (Fsp3) is 0.600. The molecule has 1 amide bonds. The van der Waals surface area contributed by atoms with E-state index < -0.39 is 0 Å². The van der Waals surface area contributed by atoms with Crippen molar-refractivity contribution in [2.75, 3.05) is 13.2 Å². The third-order valence-electron chi connectivity index (χ3n) is 5.74. The molecule has 1 atom stereocenters. The molecule has 6 heteroatoms. The highest BCUT2D eigenvalue weighted by Crippen LogP contribution is 2.26. The molecule has 2 aliphatic rings. The molecular formula is C20H27N3O3. The first-order valence-electron chi connectivity index (χ1n) is 9.66. The highest BCUT2D eigenvalue weighted by atomic mass is 16.5. The summed E-state index contributed by atoms with van der Waals surface area (Å²) in [6.07, 6.45) is 9.43. The van der Waals surface area contributed by atoms with Crippen LogP contribution in [0.5, 0.6) is 0 Å². The van der Waals surface area contributed by atoms with Crippen LogP contribution in [0.2, 0.25) is 0 Å². The van der Waals surface area contributed by atoms with Gasteiger partial charge in [-0.3, -0.25) is 9.48 Å². The van der Waals surface area contributed by atoms with Gasteiger partial charge in [-0.2, -0.15) is 5.10 Å². The van der Waals surface area contributed by atoms with E-state index in [0.29, 0.717) is 30.4 Å². The Morgan fingerprint density at radius 3 is 2.88 bits per heavy atom. The normalized spacial score (nSPS) is 21.0. The van der Waals surface area contributed by atoms with E-state index in [4.69, 9.17) is 9.15 Å². The molecule has 0 unspecified atom stereocenters. The molecule has 0 N–H and O–H groups in total. The third kappa shape index (κ3) is 3.56. The Kier molecular flexibility index (Phi) is 5.11. The number of fused-ring (bicyclic) bond motifs is 1. The van der Waals surface area contributed by atoms with Crippen LogP contribution < -0.4 is 0 Å². The summed E-state index contributed by atoms with van der Waals surface area (Å²) >= 11 is 0. The van der Waals surface area contributed by atoms with E-state index in [2.05, 4.69) is 5.10 Å². The van der Waals surface area contributed by atoms with Crippen LogP contribution in [0.1, 0.15) is 53.9 Å². The monoisotopic (exact) mass is 357 g/mol. The van der Waals surface area contributed by atoms with E-state index in [1.807, 2.05) is 22.6 Å². The average molecular weight is 357 g/mol. The third-order valence-corrected chi connectivity index (χ3v) is 5.74. The van der Waals surface area contributed by atoms with Gasteiger partial charge >= 0.3 is 0 Å². The number of furan rings is 1. The molecule has 0 saturated heterocycles. The molecule has 1 saturated carbocycles. The zero-order chi connectivity index (χ0) is 17.9. The Bertz CT molecular complexity index is 745. The number of nitrogens with zero attached hydrogens (tertiary/aromatic N) is 3. The number of aromatic nitrogens is 2. The molecule has 0 radical (unpaired) electrons. The zero-order valence-corrected chi connectivity index (χ0v) is 15.4. The van der Waals surface area contributed by atoms with Crippen LogP contribution in [-0.4, -0.2) is 39.8 Å². The lowest BCUT2D eigenvalue weighted by atomic mass is 10.1. The van der Waals surface area contributed by atoms with Crippen LogP contribution in [0.25, 0.3) is 0 Å². The Hall–Kier alpha value is -2.08. The van der Waals surface area contributed by atoms with Gasteiger partial charge in [-0.1, -0.05) is 12.8 Å². The quantitative estimate of drug-likeness (QED) is 0.823. The minimum atomic E-state index is 0.0142. The van der Waals surface area contributed by atoms with E-state index in [-0.39, 0.29) is 11.9 Å². The summed E-state index contributed by atoms with van der Waals surface area (Å²) in [4.78, 5) is 15.1. The molecule has 0 aromatic carbocycles. The van der Waals surface area contributed by atoms with Gasteiger partial charge in [-0.25, -0.2) is 0 Å². The van der Waals surface area contributed by atoms with Crippen LogP contribution in [0.15, 0.2) is 29.0 Å². The smallest absolute Gasteiger partial charge is 0.258 e. The Labute approximate surface area is 154 Å². The van der Waals surface area contributed by atoms with Gasteiger partial charge < -0.3 is 14.1 Å². The number of ether oxygens (including phenoxy) is 1. The summed E-state index contributed by atoms with van der Waals surface area (Å²) in [5, 5.41) is 4.39. The van der Waals surface area contributed by atoms with Crippen molar-refractivity contribution in [2.45, 2.75) is 58.2 Å². The lowest BCUT2D eigenvalue weighted by molar-refractivity contribution is 0.0306. The molecule has 6 nitrogen and oxygen atoms in total. The molecule has 1 fully saturated rings. The van der Waals surface area contributed by atoms with E-state index in [9.17, 15) is 4.79 Å². The largest absolute Gasteiger partial charge is 0.469 e. The van der Waals surface area contributed by atoms with E-state index in [0.717, 1.165) is 25.3 Å². The SMILES string of the molecule is Cc1occc1C(=O)N1Cc2ccnn2CC[C@H]1COCC1CCCC1. The van der Waals surface area contributed by atoms with Gasteiger partial charge in [-0.15, -0.1) is 0 Å². The fourth-order valence-electron chi connectivity index (χ4n) is 4.15. The molecule has 2 aromatic heterocycles. The van der Waals surface area contributed by atoms with E-state index >= 15 is 0 Å². The lowest BCUT2D eigenvalue weighted by Gasteiger charge is -2.30. The summed E-state index contributed by atoms with van der Waals surface area (Å²) in [6, 6.07) is 3.81. The van der Waals surface area contributed by atoms with Gasteiger partial charge in [0, 0.05) is 19.3 Å². The van der Waals surface area contributed by atoms with Crippen LogP contribution in [0, 0.1) is 12.8 Å². The fourth-order valence-corrected chi connectivity index (χ4v) is 4.15. The van der Waals surface area contributed by atoms with Crippen molar-refractivity contribution in [3.05, 3.63) is 41.6 Å². The number of amides is 1. The van der Waals surface area contributed by atoms with Crippen LogP contribution in [0.4, 0.5) is 0 Å². The van der Waals surface area contributed by atoms with Gasteiger partial charge in [0.15, 0.2) is 0 Å². The van der Waals surface area contributed by atoms with Gasteiger partial charge in [0.25, 0.3) is 5.91 Å². The molecular weight excluding hydrogens is 330 g/mol. The molecule has 1 aliphatic carbocycles. The Morgan fingerprint density at radius 2 is 2.12 bits per heavy atom. The van der Waals surface area contributed by atoms with Gasteiger partial charge in [0.2, 0.25) is 0 Å². The number of carbonyl (C=O) groups is 1. The number of hydrogen-bond donors (Lipinski definition) is 0. The minimum Gasteiger partial charge on any atom is -0.469 e. The first-order valence-corrected chi connectivity index (χ1v) is 9.66. The van der Waals surface area contributed by atoms with Crippen molar-refractivity contribution in [1.29, 1.82) is 0 Å². The maximum atomic E-state index is 13.2. The Morgan fingerprint density at radius 1 is 1.27 bits per heavy atom. The molecule has 2 aromatic rings. The van der Waals surface area contributed by atoms with Crippen molar-refractivity contribution in [3.63, 3.8) is 0 Å². The highest BCUT2D eigenvalue weighted by molar-refractivity contribution is 5.95. The van der Waals surface area contributed by atoms with Crippen molar-refractivity contribution in [3.8, 4) is 0 Å². The first-order chi connectivity index (χ1) is 12.7. The number of rotatable bonds is 5. The number of hydrogen-bond acceptors (Lipinski definition) is 4. The Balaban J connectivity index is 1.49. The van der Waals surface area contributed by atoms with Crippen molar-refractivity contribution < 1.29 is 13.9 Å². The predicted molar refractivity (Wildman–Crippen MR) is 96.7 cm³/mol. The minimum absolute atomic E-state index is 0.0142. The maximum absolute atomic E-state index is 13.2. The summed E-state index contributed by atoms with van der Waals surface area (Å²) in [6.45, 7) is 4.60. The van der Waals surface area contributed by atoms with E-state index in [1.54, 1.807) is 18.5 Å².